The quantitative estimate of drug-likeness (QED) is 0.485. The molecule has 0 aliphatic rings. The molecule has 7 nitrogen and oxygen atoms in total. The third kappa shape index (κ3) is 2.50. The molecule has 0 saturated carbocycles. The minimum atomic E-state index is -1.26. The van der Waals surface area contributed by atoms with E-state index >= 15 is 0 Å². The first-order valence-electron chi connectivity index (χ1n) is 5.42. The number of rotatable bonds is 2. The summed E-state index contributed by atoms with van der Waals surface area (Å²) in [4.78, 5) is 18.7. The van der Waals surface area contributed by atoms with Gasteiger partial charge < -0.3 is 15.6 Å². The molecule has 0 unspecified atom stereocenters. The van der Waals surface area contributed by atoms with Gasteiger partial charge in [-0.2, -0.15) is 4.98 Å². The third-order valence-electron chi connectivity index (χ3n) is 2.66. The van der Waals surface area contributed by atoms with Crippen molar-refractivity contribution in [2.45, 2.75) is 0 Å². The summed E-state index contributed by atoms with van der Waals surface area (Å²) in [6, 6.07) is 5.02. The van der Waals surface area contributed by atoms with E-state index in [0.717, 1.165) is 5.56 Å². The van der Waals surface area contributed by atoms with Gasteiger partial charge in [0.25, 0.3) is 0 Å². The van der Waals surface area contributed by atoms with Crippen LogP contribution in [0.25, 0.3) is 16.8 Å². The number of anilines is 1. The van der Waals surface area contributed by atoms with Gasteiger partial charge in [-0.1, -0.05) is 0 Å². The minimum absolute atomic E-state index is 0. The van der Waals surface area contributed by atoms with Crippen molar-refractivity contribution in [3.63, 3.8) is 0 Å². The Morgan fingerprint density at radius 3 is 2.80 bits per heavy atom. The molecule has 0 atom stereocenters. The van der Waals surface area contributed by atoms with Crippen molar-refractivity contribution in [3.05, 3.63) is 42.4 Å². The van der Waals surface area contributed by atoms with Crippen LogP contribution in [0.4, 0.5) is 5.95 Å². The van der Waals surface area contributed by atoms with Crippen LogP contribution in [0, 0.1) is 0 Å². The van der Waals surface area contributed by atoms with E-state index in [4.69, 9.17) is 5.73 Å². The number of nitrogens with zero attached hydrogens (tertiary/aromatic N) is 4. The monoisotopic (exact) mass is 261 g/mol. The smallest absolute Gasteiger partial charge is 0.545 e. The Labute approximate surface area is 125 Å². The molecule has 3 aromatic rings. The number of hydrogen-bond acceptors (Lipinski definition) is 6. The molecule has 20 heavy (non-hydrogen) atoms. The second-order valence-corrected chi connectivity index (χ2v) is 3.94. The van der Waals surface area contributed by atoms with E-state index in [0.29, 0.717) is 11.2 Å². The maximum Gasteiger partial charge on any atom is 1.00 e. The number of carbonyl (C=O) groups excluding carboxylic acids is 1. The molecule has 94 valence electrons. The van der Waals surface area contributed by atoms with Gasteiger partial charge in [0.15, 0.2) is 5.65 Å². The number of pyridine rings is 2. The van der Waals surface area contributed by atoms with Gasteiger partial charge >= 0.3 is 18.9 Å². The van der Waals surface area contributed by atoms with E-state index in [1.807, 2.05) is 0 Å². The van der Waals surface area contributed by atoms with Gasteiger partial charge in [0, 0.05) is 29.7 Å². The first kappa shape index (κ1) is 14.1. The van der Waals surface area contributed by atoms with E-state index in [-0.39, 0.29) is 30.4 Å². The number of carboxylic acid groups (broad SMARTS) is 1. The topological polar surface area (TPSA) is 109 Å². The van der Waals surface area contributed by atoms with E-state index in [2.05, 4.69) is 15.1 Å². The van der Waals surface area contributed by atoms with Crippen molar-refractivity contribution in [3.8, 4) is 11.1 Å². The largest absolute Gasteiger partial charge is 1.00 e. The Hall–Kier alpha value is -2.36. The van der Waals surface area contributed by atoms with E-state index < -0.39 is 5.97 Å². The molecule has 0 amide bonds. The molecule has 0 aromatic carbocycles. The predicted molar refractivity (Wildman–Crippen MR) is 65.0 cm³/mol. The number of hydrogen-bond donors (Lipinski definition) is 1. The molecule has 0 spiro atoms. The van der Waals surface area contributed by atoms with Crippen LogP contribution in [0.15, 0.2) is 36.8 Å². The molecule has 0 aliphatic heterocycles. The van der Waals surface area contributed by atoms with E-state index in [1.54, 1.807) is 24.5 Å². The van der Waals surface area contributed by atoms with Crippen LogP contribution in [0.2, 0.25) is 0 Å². The Morgan fingerprint density at radius 1 is 1.25 bits per heavy atom. The van der Waals surface area contributed by atoms with Gasteiger partial charge in [-0.05, 0) is 23.8 Å². The predicted octanol–water partition coefficient (Wildman–Crippen LogP) is -3.26. The number of nitrogens with two attached hydrogens (primary N) is 1. The summed E-state index contributed by atoms with van der Waals surface area (Å²) in [6.45, 7) is 0. The number of carboxylic acids is 1. The zero-order valence-corrected chi connectivity index (χ0v) is 10.6. The average molecular weight is 261 g/mol. The maximum atomic E-state index is 10.8. The minimum Gasteiger partial charge on any atom is -0.545 e. The fourth-order valence-electron chi connectivity index (χ4n) is 1.79. The number of nitrogen functional groups attached to an aromatic ring is 1. The van der Waals surface area contributed by atoms with Gasteiger partial charge in [-0.3, -0.25) is 4.98 Å². The van der Waals surface area contributed by atoms with E-state index in [1.165, 1.54) is 16.8 Å². The normalized spacial score (nSPS) is 10.2. The van der Waals surface area contributed by atoms with Crippen molar-refractivity contribution in [2.24, 2.45) is 0 Å². The fraction of sp³-hybridized carbons (Fsp3) is 0. The number of aromatic carboxylic acids is 1. The Kier molecular flexibility index (Phi) is 3.74. The summed E-state index contributed by atoms with van der Waals surface area (Å²) in [7, 11) is 0. The van der Waals surface area contributed by atoms with E-state index in [9.17, 15) is 9.90 Å². The summed E-state index contributed by atoms with van der Waals surface area (Å²) in [6.07, 6.45) is 4.50. The molecule has 0 fully saturated rings. The zero-order chi connectivity index (χ0) is 13.4. The first-order chi connectivity index (χ1) is 9.13. The average Bonchev–Trinajstić information content (AvgIpc) is 2.77. The van der Waals surface area contributed by atoms with Crippen molar-refractivity contribution in [1.29, 1.82) is 0 Å². The van der Waals surface area contributed by atoms with Gasteiger partial charge in [-0.25, -0.2) is 4.52 Å². The Bertz CT molecular complexity index is 786. The fourth-order valence-corrected chi connectivity index (χ4v) is 1.79. The van der Waals surface area contributed by atoms with Gasteiger partial charge in [0.1, 0.15) is 0 Å². The molecule has 3 aromatic heterocycles. The number of aromatic nitrogens is 4. The SMILES string of the molecule is Nc1nc2cc(-c3cncc(C(=O)[O-])c3)ccn2n1.[Li+]. The van der Waals surface area contributed by atoms with Gasteiger partial charge in [-0.15, -0.1) is 5.10 Å². The summed E-state index contributed by atoms with van der Waals surface area (Å²) >= 11 is 0. The first-order valence-corrected chi connectivity index (χ1v) is 5.42. The maximum absolute atomic E-state index is 10.8. The second kappa shape index (κ2) is 5.33. The van der Waals surface area contributed by atoms with Crippen LogP contribution in [0.3, 0.4) is 0 Å². The zero-order valence-electron chi connectivity index (χ0n) is 10.6. The van der Waals surface area contributed by atoms with Crippen molar-refractivity contribution in [1.82, 2.24) is 19.6 Å². The van der Waals surface area contributed by atoms with Gasteiger partial charge in [0.2, 0.25) is 5.95 Å². The number of carbonyl (C=O) groups is 1. The van der Waals surface area contributed by atoms with Crippen LogP contribution < -0.4 is 29.7 Å². The van der Waals surface area contributed by atoms with Crippen LogP contribution >= 0.6 is 0 Å². The van der Waals surface area contributed by atoms with Crippen molar-refractivity contribution < 1.29 is 28.8 Å². The molecule has 0 bridgehead atoms. The van der Waals surface area contributed by atoms with Crippen LogP contribution in [0.1, 0.15) is 10.4 Å². The molecule has 2 N–H and O–H groups in total. The summed E-state index contributed by atoms with van der Waals surface area (Å²) < 4.78 is 1.54. The van der Waals surface area contributed by atoms with Crippen molar-refractivity contribution >= 4 is 17.6 Å². The third-order valence-corrected chi connectivity index (χ3v) is 2.66. The Balaban J connectivity index is 0.00000147. The van der Waals surface area contributed by atoms with Gasteiger partial charge in [0.05, 0.1) is 5.97 Å². The molecule has 8 heteroatoms. The Morgan fingerprint density at radius 2 is 2.05 bits per heavy atom. The van der Waals surface area contributed by atoms with Crippen LogP contribution in [0.5, 0.6) is 0 Å². The summed E-state index contributed by atoms with van der Waals surface area (Å²) in [5.74, 6) is -1.08. The number of fused-ring (bicyclic) bond motifs is 1. The molecule has 3 heterocycles. The molecule has 3 rings (SSSR count). The van der Waals surface area contributed by atoms with Crippen LogP contribution in [-0.2, 0) is 0 Å². The standard InChI is InChI=1S/C12H9N5O2.Li/c13-12-15-10-4-7(1-2-17(10)16-12)8-3-9(11(18)19)6-14-5-8;/h1-6H,(H2,13,16)(H,18,19);/q;+1/p-1. The molecular weight excluding hydrogens is 253 g/mol. The van der Waals surface area contributed by atoms with Crippen molar-refractivity contribution in [2.75, 3.05) is 5.73 Å². The summed E-state index contributed by atoms with van der Waals surface area (Å²) in [5.41, 5.74) is 7.54. The molecule has 0 saturated heterocycles. The second-order valence-electron chi connectivity index (χ2n) is 3.94. The van der Waals surface area contributed by atoms with Crippen LogP contribution in [-0.4, -0.2) is 25.6 Å². The molecular formula is C12H8LiN5O2. The molecule has 0 aliphatic carbocycles. The molecule has 0 radical (unpaired) electrons. The summed E-state index contributed by atoms with van der Waals surface area (Å²) in [5, 5.41) is 14.8.